The molecule has 0 amide bonds. The predicted octanol–water partition coefficient (Wildman–Crippen LogP) is 4.26. The highest BCUT2D eigenvalue weighted by Gasteiger charge is 2.24. The lowest BCUT2D eigenvalue weighted by atomic mass is 10.00. The van der Waals surface area contributed by atoms with Gasteiger partial charge in [0.25, 0.3) is 0 Å². The second-order valence-corrected chi connectivity index (χ2v) is 6.43. The lowest BCUT2D eigenvalue weighted by Crippen LogP contribution is -2.37. The standard InChI is InChI=1S/C16H25NS/c1-3-17-16(14-8-4-5-9-14)12-18-15-10-6-7-13(2)11-15/h6-7,10-11,14,16-17H,3-5,8-9,12H2,1-2H3. The highest BCUT2D eigenvalue weighted by Crippen LogP contribution is 2.30. The maximum atomic E-state index is 3.69. The summed E-state index contributed by atoms with van der Waals surface area (Å²) in [5.41, 5.74) is 1.36. The third kappa shape index (κ3) is 4.03. The van der Waals surface area contributed by atoms with Gasteiger partial charge < -0.3 is 5.32 Å². The van der Waals surface area contributed by atoms with Crippen LogP contribution < -0.4 is 5.32 Å². The maximum Gasteiger partial charge on any atom is 0.0189 e. The zero-order chi connectivity index (χ0) is 12.8. The number of hydrogen-bond donors (Lipinski definition) is 1. The minimum Gasteiger partial charge on any atom is -0.313 e. The molecule has 1 unspecified atom stereocenters. The van der Waals surface area contributed by atoms with Crippen molar-refractivity contribution in [1.82, 2.24) is 5.32 Å². The fraction of sp³-hybridized carbons (Fsp3) is 0.625. The Hall–Kier alpha value is -0.470. The largest absolute Gasteiger partial charge is 0.313 e. The molecule has 0 spiro atoms. The van der Waals surface area contributed by atoms with Crippen molar-refractivity contribution < 1.29 is 0 Å². The average molecular weight is 263 g/mol. The van der Waals surface area contributed by atoms with E-state index in [4.69, 9.17) is 0 Å². The van der Waals surface area contributed by atoms with Gasteiger partial charge in [0.05, 0.1) is 0 Å². The molecular formula is C16H25NS. The molecule has 2 heteroatoms. The molecule has 1 aliphatic carbocycles. The third-order valence-corrected chi connectivity index (χ3v) is 4.97. The van der Waals surface area contributed by atoms with Crippen LogP contribution in [-0.2, 0) is 0 Å². The Morgan fingerprint density at radius 3 is 2.78 bits per heavy atom. The summed E-state index contributed by atoms with van der Waals surface area (Å²) in [5.74, 6) is 2.12. The van der Waals surface area contributed by atoms with Crippen LogP contribution >= 0.6 is 11.8 Å². The van der Waals surface area contributed by atoms with E-state index in [1.54, 1.807) is 0 Å². The van der Waals surface area contributed by atoms with E-state index < -0.39 is 0 Å². The molecule has 1 aliphatic rings. The van der Waals surface area contributed by atoms with Crippen LogP contribution in [0.3, 0.4) is 0 Å². The molecule has 1 nitrogen and oxygen atoms in total. The fourth-order valence-electron chi connectivity index (χ4n) is 2.87. The molecule has 1 atom stereocenters. The van der Waals surface area contributed by atoms with Crippen LogP contribution in [0.1, 0.15) is 38.2 Å². The molecule has 1 saturated carbocycles. The second kappa shape index (κ2) is 7.20. The predicted molar refractivity (Wildman–Crippen MR) is 81.3 cm³/mol. The van der Waals surface area contributed by atoms with Crippen molar-refractivity contribution in [3.8, 4) is 0 Å². The van der Waals surface area contributed by atoms with Gasteiger partial charge in [-0.05, 0) is 44.4 Å². The highest BCUT2D eigenvalue weighted by atomic mass is 32.2. The van der Waals surface area contributed by atoms with Gasteiger partial charge >= 0.3 is 0 Å². The van der Waals surface area contributed by atoms with Gasteiger partial charge in [0.2, 0.25) is 0 Å². The Bertz CT molecular complexity index is 358. The number of nitrogens with one attached hydrogen (secondary N) is 1. The molecule has 0 saturated heterocycles. The Morgan fingerprint density at radius 1 is 1.33 bits per heavy atom. The molecule has 0 aromatic heterocycles. The Balaban J connectivity index is 1.88. The first-order chi connectivity index (χ1) is 8.79. The number of benzene rings is 1. The summed E-state index contributed by atoms with van der Waals surface area (Å²) in [7, 11) is 0. The van der Waals surface area contributed by atoms with E-state index in [0.717, 1.165) is 12.5 Å². The van der Waals surface area contributed by atoms with Gasteiger partial charge in [-0.3, -0.25) is 0 Å². The van der Waals surface area contributed by atoms with Gasteiger partial charge in [-0.25, -0.2) is 0 Å². The summed E-state index contributed by atoms with van der Waals surface area (Å²) in [6.45, 7) is 5.48. The molecule has 1 N–H and O–H groups in total. The van der Waals surface area contributed by atoms with Crippen LogP contribution in [-0.4, -0.2) is 18.3 Å². The van der Waals surface area contributed by atoms with Crippen molar-refractivity contribution in [3.63, 3.8) is 0 Å². The first-order valence-electron chi connectivity index (χ1n) is 7.22. The van der Waals surface area contributed by atoms with E-state index >= 15 is 0 Å². The van der Waals surface area contributed by atoms with Gasteiger partial charge in [-0.15, -0.1) is 11.8 Å². The van der Waals surface area contributed by atoms with Crippen LogP contribution in [0.2, 0.25) is 0 Å². The zero-order valence-corrected chi connectivity index (χ0v) is 12.4. The molecule has 100 valence electrons. The SMILES string of the molecule is CCNC(CSc1cccc(C)c1)C1CCCC1. The summed E-state index contributed by atoms with van der Waals surface area (Å²) in [6.07, 6.45) is 5.71. The summed E-state index contributed by atoms with van der Waals surface area (Å²) in [5, 5.41) is 3.69. The molecular weight excluding hydrogens is 238 g/mol. The van der Waals surface area contributed by atoms with Crippen LogP contribution in [0.5, 0.6) is 0 Å². The zero-order valence-electron chi connectivity index (χ0n) is 11.6. The Morgan fingerprint density at radius 2 is 2.11 bits per heavy atom. The molecule has 0 bridgehead atoms. The summed E-state index contributed by atoms with van der Waals surface area (Å²) in [6, 6.07) is 9.55. The van der Waals surface area contributed by atoms with E-state index in [1.165, 1.54) is 41.9 Å². The van der Waals surface area contributed by atoms with Crippen LogP contribution in [0.4, 0.5) is 0 Å². The smallest absolute Gasteiger partial charge is 0.0189 e. The van der Waals surface area contributed by atoms with Gasteiger partial charge in [0.1, 0.15) is 0 Å². The van der Waals surface area contributed by atoms with Crippen molar-refractivity contribution in [1.29, 1.82) is 0 Å². The van der Waals surface area contributed by atoms with Crippen LogP contribution in [0.25, 0.3) is 0 Å². The number of hydrogen-bond acceptors (Lipinski definition) is 2. The molecule has 0 radical (unpaired) electrons. The lowest BCUT2D eigenvalue weighted by Gasteiger charge is -2.24. The topological polar surface area (TPSA) is 12.0 Å². The van der Waals surface area contributed by atoms with E-state index in [2.05, 4.69) is 43.4 Å². The van der Waals surface area contributed by atoms with E-state index in [9.17, 15) is 0 Å². The van der Waals surface area contributed by atoms with E-state index in [1.807, 2.05) is 11.8 Å². The van der Waals surface area contributed by atoms with Crippen molar-refractivity contribution in [2.45, 2.75) is 50.5 Å². The maximum absolute atomic E-state index is 3.69. The Kier molecular flexibility index (Phi) is 5.58. The summed E-state index contributed by atoms with van der Waals surface area (Å²) in [4.78, 5) is 1.41. The van der Waals surface area contributed by atoms with E-state index in [-0.39, 0.29) is 0 Å². The van der Waals surface area contributed by atoms with Gasteiger partial charge in [0.15, 0.2) is 0 Å². The monoisotopic (exact) mass is 263 g/mol. The number of thioether (sulfide) groups is 1. The Labute approximate surface area is 116 Å². The first-order valence-corrected chi connectivity index (χ1v) is 8.21. The lowest BCUT2D eigenvalue weighted by molar-refractivity contribution is 0.394. The van der Waals surface area contributed by atoms with Gasteiger partial charge in [0, 0.05) is 16.7 Å². The van der Waals surface area contributed by atoms with Gasteiger partial charge in [-0.1, -0.05) is 37.5 Å². The number of aryl methyl sites for hydroxylation is 1. The minimum absolute atomic E-state index is 0.697. The first kappa shape index (κ1) is 14.0. The fourth-order valence-corrected chi connectivity index (χ4v) is 4.08. The minimum atomic E-state index is 0.697. The molecule has 1 aromatic carbocycles. The number of rotatable bonds is 6. The summed E-state index contributed by atoms with van der Waals surface area (Å²) >= 11 is 2.01. The van der Waals surface area contributed by atoms with E-state index in [0.29, 0.717) is 6.04 Å². The summed E-state index contributed by atoms with van der Waals surface area (Å²) < 4.78 is 0. The molecule has 1 aromatic rings. The van der Waals surface area contributed by atoms with Crippen molar-refractivity contribution in [2.75, 3.05) is 12.3 Å². The van der Waals surface area contributed by atoms with Gasteiger partial charge in [-0.2, -0.15) is 0 Å². The van der Waals surface area contributed by atoms with Crippen molar-refractivity contribution in [2.24, 2.45) is 5.92 Å². The molecule has 0 aliphatic heterocycles. The van der Waals surface area contributed by atoms with Crippen LogP contribution in [0.15, 0.2) is 29.2 Å². The molecule has 2 rings (SSSR count). The normalized spacial score (nSPS) is 18.1. The highest BCUT2D eigenvalue weighted by molar-refractivity contribution is 7.99. The van der Waals surface area contributed by atoms with Crippen molar-refractivity contribution >= 4 is 11.8 Å². The quantitative estimate of drug-likeness (QED) is 0.770. The average Bonchev–Trinajstić information content (AvgIpc) is 2.88. The van der Waals surface area contributed by atoms with Crippen molar-refractivity contribution in [3.05, 3.63) is 29.8 Å². The third-order valence-electron chi connectivity index (χ3n) is 3.85. The second-order valence-electron chi connectivity index (χ2n) is 5.34. The molecule has 18 heavy (non-hydrogen) atoms. The van der Waals surface area contributed by atoms with Crippen LogP contribution in [0, 0.1) is 12.8 Å². The molecule has 1 fully saturated rings. The molecule has 0 heterocycles.